The molecule has 2 aromatic rings. The highest BCUT2D eigenvalue weighted by molar-refractivity contribution is 5.91. The third kappa shape index (κ3) is 1.24. The second kappa shape index (κ2) is 2.73. The minimum Gasteiger partial charge on any atom is -0.287 e. The van der Waals surface area contributed by atoms with Crippen molar-refractivity contribution in [2.24, 2.45) is 0 Å². The highest BCUT2D eigenvalue weighted by Gasteiger charge is 2.03. The molecule has 0 aliphatic carbocycles. The molecule has 1 aromatic carbocycles. The quantitative estimate of drug-likeness (QED) is 0.600. The summed E-state index contributed by atoms with van der Waals surface area (Å²) in [5.74, 6) is 0.0561. The van der Waals surface area contributed by atoms with Gasteiger partial charge in [0.05, 0.1) is 5.52 Å². The van der Waals surface area contributed by atoms with E-state index in [1.807, 2.05) is 37.4 Å². The third-order valence-electron chi connectivity index (χ3n) is 2.19. The summed E-state index contributed by atoms with van der Waals surface area (Å²) in [6.45, 7) is 3.60. The largest absolute Gasteiger partial charge is 0.287 e. The van der Waals surface area contributed by atoms with Gasteiger partial charge in [-0.1, -0.05) is 12.1 Å². The van der Waals surface area contributed by atoms with Crippen molar-refractivity contribution in [3.05, 3.63) is 36.0 Å². The van der Waals surface area contributed by atoms with Gasteiger partial charge in [-0.3, -0.25) is 9.36 Å². The van der Waals surface area contributed by atoms with Crippen molar-refractivity contribution >= 4 is 16.8 Å². The Hall–Kier alpha value is -1.57. The first kappa shape index (κ1) is 8.05. The van der Waals surface area contributed by atoms with E-state index < -0.39 is 0 Å². The van der Waals surface area contributed by atoms with Gasteiger partial charge in [0.1, 0.15) is 0 Å². The maximum atomic E-state index is 11.2. The van der Waals surface area contributed by atoms with E-state index in [9.17, 15) is 4.79 Å². The third-order valence-corrected chi connectivity index (χ3v) is 2.19. The highest BCUT2D eigenvalue weighted by atomic mass is 16.1. The van der Waals surface area contributed by atoms with E-state index in [2.05, 4.69) is 0 Å². The number of rotatable bonds is 0. The van der Waals surface area contributed by atoms with Crippen molar-refractivity contribution in [3.63, 3.8) is 0 Å². The molecule has 66 valence electrons. The zero-order chi connectivity index (χ0) is 9.42. The van der Waals surface area contributed by atoms with Gasteiger partial charge in [0.15, 0.2) is 0 Å². The first-order valence-electron chi connectivity index (χ1n) is 4.27. The predicted octanol–water partition coefficient (Wildman–Crippen LogP) is 2.61. The standard InChI is InChI=1S/C11H11NO/c1-8-3-4-10-5-6-12(9(2)13)11(10)7-8/h3-7H,1-2H3. The Morgan fingerprint density at radius 1 is 1.31 bits per heavy atom. The lowest BCUT2D eigenvalue weighted by molar-refractivity contribution is 0.0941. The van der Waals surface area contributed by atoms with Gasteiger partial charge in [-0.05, 0) is 24.6 Å². The average Bonchev–Trinajstić information content (AvgIpc) is 2.46. The van der Waals surface area contributed by atoms with Crippen LogP contribution < -0.4 is 0 Å². The Bertz CT molecular complexity index is 468. The van der Waals surface area contributed by atoms with Gasteiger partial charge in [-0.25, -0.2) is 0 Å². The van der Waals surface area contributed by atoms with Crippen LogP contribution in [-0.4, -0.2) is 10.5 Å². The van der Waals surface area contributed by atoms with Crippen molar-refractivity contribution in [2.75, 3.05) is 0 Å². The Kier molecular flexibility index (Phi) is 1.69. The fourth-order valence-corrected chi connectivity index (χ4v) is 1.51. The molecule has 0 aliphatic heterocycles. The Morgan fingerprint density at radius 3 is 2.77 bits per heavy atom. The monoisotopic (exact) mass is 173 g/mol. The SMILES string of the molecule is CC(=O)n1ccc2ccc(C)cc21. The molecule has 1 aromatic heterocycles. The number of aryl methyl sites for hydroxylation is 1. The zero-order valence-electron chi connectivity index (χ0n) is 7.74. The zero-order valence-corrected chi connectivity index (χ0v) is 7.74. The van der Waals surface area contributed by atoms with Crippen LogP contribution in [0.2, 0.25) is 0 Å². The molecule has 0 N–H and O–H groups in total. The highest BCUT2D eigenvalue weighted by Crippen LogP contribution is 2.16. The van der Waals surface area contributed by atoms with E-state index in [0.29, 0.717) is 0 Å². The normalized spacial score (nSPS) is 10.6. The molecule has 0 amide bonds. The number of hydrogen-bond acceptors (Lipinski definition) is 1. The molecule has 13 heavy (non-hydrogen) atoms. The molecule has 0 saturated carbocycles. The van der Waals surface area contributed by atoms with Crippen LogP contribution in [0.4, 0.5) is 0 Å². The molecule has 0 unspecified atom stereocenters. The van der Waals surface area contributed by atoms with Crippen LogP contribution in [0.1, 0.15) is 17.3 Å². The van der Waals surface area contributed by atoms with Crippen molar-refractivity contribution in [3.8, 4) is 0 Å². The van der Waals surface area contributed by atoms with Crippen molar-refractivity contribution < 1.29 is 4.79 Å². The smallest absolute Gasteiger partial charge is 0.227 e. The van der Waals surface area contributed by atoms with Gasteiger partial charge in [-0.2, -0.15) is 0 Å². The van der Waals surface area contributed by atoms with Crippen LogP contribution in [0.5, 0.6) is 0 Å². The molecule has 0 fully saturated rings. The molecule has 1 heterocycles. The van der Waals surface area contributed by atoms with Crippen LogP contribution in [0, 0.1) is 6.92 Å². The number of fused-ring (bicyclic) bond motifs is 1. The lowest BCUT2D eigenvalue weighted by Gasteiger charge is -1.99. The maximum absolute atomic E-state index is 11.2. The van der Waals surface area contributed by atoms with E-state index in [1.54, 1.807) is 11.5 Å². The van der Waals surface area contributed by atoms with E-state index in [1.165, 1.54) is 5.56 Å². The minimum absolute atomic E-state index is 0.0561. The molecule has 0 radical (unpaired) electrons. The van der Waals surface area contributed by atoms with Crippen LogP contribution in [0.25, 0.3) is 10.9 Å². The number of carbonyl (C=O) groups excluding carboxylic acids is 1. The molecule has 2 heteroatoms. The molecule has 0 aliphatic rings. The van der Waals surface area contributed by atoms with Crippen LogP contribution in [-0.2, 0) is 0 Å². The summed E-state index contributed by atoms with van der Waals surface area (Å²) >= 11 is 0. The van der Waals surface area contributed by atoms with Gasteiger partial charge in [0.2, 0.25) is 5.91 Å². The lowest BCUT2D eigenvalue weighted by atomic mass is 10.2. The van der Waals surface area contributed by atoms with E-state index in [4.69, 9.17) is 0 Å². The van der Waals surface area contributed by atoms with E-state index in [-0.39, 0.29) is 5.91 Å². The summed E-state index contributed by atoms with van der Waals surface area (Å²) in [4.78, 5) is 11.2. The molecular formula is C11H11NO. The lowest BCUT2D eigenvalue weighted by Crippen LogP contribution is -2.02. The molecule has 0 spiro atoms. The van der Waals surface area contributed by atoms with Gasteiger partial charge in [-0.15, -0.1) is 0 Å². The maximum Gasteiger partial charge on any atom is 0.227 e. The van der Waals surface area contributed by atoms with Crippen LogP contribution >= 0.6 is 0 Å². The Labute approximate surface area is 76.8 Å². The summed E-state index contributed by atoms with van der Waals surface area (Å²) in [6.07, 6.45) is 1.81. The molecule has 0 saturated heterocycles. The molecule has 0 bridgehead atoms. The first-order valence-corrected chi connectivity index (χ1v) is 4.27. The second-order valence-electron chi connectivity index (χ2n) is 3.27. The molecule has 2 nitrogen and oxygen atoms in total. The second-order valence-corrected chi connectivity index (χ2v) is 3.27. The summed E-state index contributed by atoms with van der Waals surface area (Å²) < 4.78 is 1.67. The fraction of sp³-hybridized carbons (Fsp3) is 0.182. The van der Waals surface area contributed by atoms with Gasteiger partial charge in [0, 0.05) is 18.5 Å². The van der Waals surface area contributed by atoms with Crippen molar-refractivity contribution in [1.82, 2.24) is 4.57 Å². The van der Waals surface area contributed by atoms with Gasteiger partial charge < -0.3 is 0 Å². The minimum atomic E-state index is 0.0561. The van der Waals surface area contributed by atoms with Crippen molar-refractivity contribution in [2.45, 2.75) is 13.8 Å². The number of aromatic nitrogens is 1. The number of benzene rings is 1. The summed E-state index contributed by atoms with van der Waals surface area (Å²) in [6, 6.07) is 8.06. The number of carbonyl (C=O) groups is 1. The Balaban J connectivity index is 2.79. The summed E-state index contributed by atoms with van der Waals surface area (Å²) in [7, 11) is 0. The van der Waals surface area contributed by atoms with Crippen LogP contribution in [0.15, 0.2) is 30.5 Å². The molecular weight excluding hydrogens is 162 g/mol. The summed E-state index contributed by atoms with van der Waals surface area (Å²) in [5.41, 5.74) is 2.17. The first-order chi connectivity index (χ1) is 6.18. The molecule has 2 rings (SSSR count). The van der Waals surface area contributed by atoms with E-state index in [0.717, 1.165) is 10.9 Å². The van der Waals surface area contributed by atoms with Crippen LogP contribution in [0.3, 0.4) is 0 Å². The van der Waals surface area contributed by atoms with E-state index >= 15 is 0 Å². The predicted molar refractivity (Wildman–Crippen MR) is 53.0 cm³/mol. The number of nitrogens with zero attached hydrogens (tertiary/aromatic N) is 1. The van der Waals surface area contributed by atoms with Gasteiger partial charge >= 0.3 is 0 Å². The average molecular weight is 173 g/mol. The topological polar surface area (TPSA) is 22.0 Å². The van der Waals surface area contributed by atoms with Crippen molar-refractivity contribution in [1.29, 1.82) is 0 Å². The Morgan fingerprint density at radius 2 is 2.08 bits per heavy atom. The molecule has 0 atom stereocenters. The summed E-state index contributed by atoms with van der Waals surface area (Å²) in [5, 5.41) is 1.11. The number of hydrogen-bond donors (Lipinski definition) is 0. The fourth-order valence-electron chi connectivity index (χ4n) is 1.51. The van der Waals surface area contributed by atoms with Gasteiger partial charge in [0.25, 0.3) is 0 Å².